The summed E-state index contributed by atoms with van der Waals surface area (Å²) in [4.78, 5) is 2.36. The highest BCUT2D eigenvalue weighted by molar-refractivity contribution is 6.07. The van der Waals surface area contributed by atoms with Crippen LogP contribution in [0.25, 0.3) is 66.4 Å². The fourth-order valence-electron chi connectivity index (χ4n) is 10.1. The van der Waals surface area contributed by atoms with Crippen LogP contribution in [0.15, 0.2) is 274 Å². The van der Waals surface area contributed by atoms with Gasteiger partial charge in [-0.05, 0) is 181 Å². The van der Waals surface area contributed by atoms with Gasteiger partial charge >= 0.3 is 0 Å². The van der Waals surface area contributed by atoms with Crippen LogP contribution in [0.4, 0.5) is 28.4 Å². The maximum absolute atomic E-state index is 4.71. The van der Waals surface area contributed by atoms with E-state index in [1.165, 1.54) is 55.3 Å². The number of allylic oxidation sites excluding steroid dienone is 6. The molecule has 0 spiro atoms. The van der Waals surface area contributed by atoms with Crippen molar-refractivity contribution in [1.82, 2.24) is 0 Å². The number of fused-ring (bicyclic) bond motifs is 3. The van der Waals surface area contributed by atoms with Gasteiger partial charge in [-0.25, -0.2) is 0 Å². The predicted molar refractivity (Wildman–Crippen MR) is 305 cm³/mol. The molecule has 2 heteroatoms. The number of anilines is 5. The zero-order chi connectivity index (χ0) is 47.9. The van der Waals surface area contributed by atoms with E-state index >= 15 is 0 Å². The Morgan fingerprint density at radius 2 is 1.04 bits per heavy atom. The van der Waals surface area contributed by atoms with Gasteiger partial charge in [0.2, 0.25) is 0 Å². The summed E-state index contributed by atoms with van der Waals surface area (Å²) in [5, 5.41) is 6.27. The molecule has 0 unspecified atom stereocenters. The number of hydrogen-bond acceptors (Lipinski definition) is 2. The minimum Gasteiger partial charge on any atom is -0.355 e. The predicted octanol–water partition coefficient (Wildman–Crippen LogP) is 19.0. The number of aryl methyl sites for hydroxylation is 1. The highest BCUT2D eigenvalue weighted by Crippen LogP contribution is 2.42. The van der Waals surface area contributed by atoms with E-state index in [2.05, 4.69) is 253 Å². The van der Waals surface area contributed by atoms with Gasteiger partial charge in [0.1, 0.15) is 0 Å². The molecule has 0 aliphatic heterocycles. The SMILES string of the molecule is C=C/C=C(\C(=C)c1ccccc1Nc1ccccc1)c1cccc(N(c2ccc(-c3cc(-c4ccccc4)cc(-c4ccccc4)c3)cc2)c2ccc(-c3ccc4c5c(ccc4c3)CCC=CC5)cc2)c1. The fraction of sp³-hybridized carbons (Fsp3) is 0.0435. The number of nitrogens with zero attached hydrogens (tertiary/aromatic N) is 1. The fourth-order valence-corrected chi connectivity index (χ4v) is 10.1. The van der Waals surface area contributed by atoms with Crippen LogP contribution in [0.2, 0.25) is 0 Å². The van der Waals surface area contributed by atoms with E-state index in [0.29, 0.717) is 0 Å². The van der Waals surface area contributed by atoms with Gasteiger partial charge in [0, 0.05) is 34.0 Å². The quantitative estimate of drug-likeness (QED) is 0.0916. The second-order valence-electron chi connectivity index (χ2n) is 18.2. The molecule has 1 N–H and O–H groups in total. The lowest BCUT2D eigenvalue weighted by atomic mass is 9.91. The van der Waals surface area contributed by atoms with Crippen molar-refractivity contribution < 1.29 is 0 Å². The summed E-state index contributed by atoms with van der Waals surface area (Å²) in [7, 11) is 0. The van der Waals surface area contributed by atoms with Gasteiger partial charge in [0.25, 0.3) is 0 Å². The van der Waals surface area contributed by atoms with E-state index in [1.807, 2.05) is 24.3 Å². The van der Waals surface area contributed by atoms with Crippen molar-refractivity contribution in [1.29, 1.82) is 0 Å². The summed E-state index contributed by atoms with van der Waals surface area (Å²) in [5.74, 6) is 0. The third-order valence-corrected chi connectivity index (χ3v) is 13.7. The highest BCUT2D eigenvalue weighted by Gasteiger charge is 2.18. The van der Waals surface area contributed by atoms with Crippen molar-refractivity contribution in [3.05, 3.63) is 296 Å². The number of para-hydroxylation sites is 2. The van der Waals surface area contributed by atoms with E-state index in [0.717, 1.165) is 81.1 Å². The van der Waals surface area contributed by atoms with Crippen molar-refractivity contribution in [2.45, 2.75) is 19.3 Å². The Balaban J connectivity index is 0.983. The van der Waals surface area contributed by atoms with Crippen molar-refractivity contribution in [2.24, 2.45) is 0 Å². The van der Waals surface area contributed by atoms with Crippen LogP contribution in [0, 0.1) is 0 Å². The third kappa shape index (κ3) is 9.57. The molecule has 0 heterocycles. The second-order valence-corrected chi connectivity index (χ2v) is 18.2. The van der Waals surface area contributed by atoms with Crippen LogP contribution < -0.4 is 10.2 Å². The van der Waals surface area contributed by atoms with E-state index < -0.39 is 0 Å². The molecule has 11 rings (SSSR count). The Morgan fingerprint density at radius 3 is 1.69 bits per heavy atom. The van der Waals surface area contributed by atoms with Gasteiger partial charge in [0.05, 0.1) is 0 Å². The van der Waals surface area contributed by atoms with E-state index in [9.17, 15) is 0 Å². The van der Waals surface area contributed by atoms with E-state index in [-0.39, 0.29) is 0 Å². The Kier molecular flexibility index (Phi) is 12.7. The molecule has 340 valence electrons. The Labute approximate surface area is 418 Å². The molecule has 2 nitrogen and oxygen atoms in total. The molecule has 1 aliphatic carbocycles. The first-order valence-electron chi connectivity index (χ1n) is 24.6. The molecule has 0 bridgehead atoms. The number of rotatable bonds is 13. The standard InChI is InChI=1S/C69H54N2/c1-3-19-65(49(2)66-29-16-17-31-69(66)70-61-26-13-7-14-27-61)56-25-18-28-64(48-56)71(62-39-34-52(35-40-62)55-38-43-68-57(44-55)33-32-54-24-12-6-15-30-67(54)68)63-41-36-53(37-42-63)60-46-58(50-20-8-4-9-21-50)45-59(47-60)51-22-10-5-11-23-51/h3-11,13-23,25-29,31-48,70H,1-2,12,24,30H2/b65-19+. The molecule has 0 fully saturated rings. The van der Waals surface area contributed by atoms with Crippen LogP contribution in [0.3, 0.4) is 0 Å². The van der Waals surface area contributed by atoms with Crippen LogP contribution in [-0.2, 0) is 12.8 Å². The number of benzene rings is 10. The minimum atomic E-state index is 0.900. The summed E-state index contributed by atoms with van der Waals surface area (Å²) < 4.78 is 0. The largest absolute Gasteiger partial charge is 0.355 e. The lowest BCUT2D eigenvalue weighted by molar-refractivity contribution is 1.00. The zero-order valence-corrected chi connectivity index (χ0v) is 39.8. The van der Waals surface area contributed by atoms with Crippen molar-refractivity contribution in [3.8, 4) is 44.5 Å². The lowest BCUT2D eigenvalue weighted by Gasteiger charge is -2.27. The van der Waals surface area contributed by atoms with Gasteiger partial charge < -0.3 is 10.2 Å². The van der Waals surface area contributed by atoms with Crippen molar-refractivity contribution in [3.63, 3.8) is 0 Å². The molecule has 1 aliphatic rings. The lowest BCUT2D eigenvalue weighted by Crippen LogP contribution is -2.10. The molecule has 0 atom stereocenters. The number of hydrogen-bond donors (Lipinski definition) is 1. The first-order chi connectivity index (χ1) is 35.1. The monoisotopic (exact) mass is 910 g/mol. The van der Waals surface area contributed by atoms with Crippen LogP contribution >= 0.6 is 0 Å². The molecule has 0 saturated heterocycles. The summed E-state index contributed by atoms with van der Waals surface area (Å²) in [6.07, 6.45) is 11.8. The Hall–Kier alpha value is -8.98. The summed E-state index contributed by atoms with van der Waals surface area (Å²) in [5.41, 5.74) is 21.5. The summed E-state index contributed by atoms with van der Waals surface area (Å²) in [6, 6.07) is 85.3. The van der Waals surface area contributed by atoms with Gasteiger partial charge in [-0.1, -0.05) is 195 Å². The smallest absolute Gasteiger partial charge is 0.0467 e. The molecule has 0 radical (unpaired) electrons. The van der Waals surface area contributed by atoms with E-state index in [1.54, 1.807) is 0 Å². The van der Waals surface area contributed by atoms with Crippen molar-refractivity contribution in [2.75, 3.05) is 10.2 Å². The van der Waals surface area contributed by atoms with Gasteiger partial charge in [0.15, 0.2) is 0 Å². The molecule has 71 heavy (non-hydrogen) atoms. The second kappa shape index (κ2) is 20.3. The van der Waals surface area contributed by atoms with Crippen molar-refractivity contribution >= 4 is 50.4 Å². The molecular weight excluding hydrogens is 857 g/mol. The average Bonchev–Trinajstić information content (AvgIpc) is 3.70. The van der Waals surface area contributed by atoms with Crippen LogP contribution in [0.1, 0.15) is 28.7 Å². The molecule has 0 aromatic heterocycles. The van der Waals surface area contributed by atoms with Gasteiger partial charge in [-0.15, -0.1) is 0 Å². The first-order valence-corrected chi connectivity index (χ1v) is 24.6. The van der Waals surface area contributed by atoms with Crippen LogP contribution in [0.5, 0.6) is 0 Å². The molecule has 0 amide bonds. The molecule has 10 aromatic rings. The summed E-state index contributed by atoms with van der Waals surface area (Å²) in [6.45, 7) is 8.86. The summed E-state index contributed by atoms with van der Waals surface area (Å²) >= 11 is 0. The maximum atomic E-state index is 4.71. The topological polar surface area (TPSA) is 15.3 Å². The first kappa shape index (κ1) is 44.5. The van der Waals surface area contributed by atoms with Crippen LogP contribution in [-0.4, -0.2) is 0 Å². The Morgan fingerprint density at radius 1 is 0.465 bits per heavy atom. The molecule has 0 saturated carbocycles. The normalized spacial score (nSPS) is 12.2. The van der Waals surface area contributed by atoms with Gasteiger partial charge in [-0.3, -0.25) is 0 Å². The molecule has 10 aromatic carbocycles. The maximum Gasteiger partial charge on any atom is 0.0467 e. The third-order valence-electron chi connectivity index (χ3n) is 13.7. The Bertz CT molecular complexity index is 3530. The van der Waals surface area contributed by atoms with E-state index in [4.69, 9.17) is 6.58 Å². The highest BCUT2D eigenvalue weighted by atomic mass is 15.1. The average molecular weight is 911 g/mol. The molecular formula is C69H54N2. The number of nitrogens with one attached hydrogen (secondary N) is 1. The zero-order valence-electron chi connectivity index (χ0n) is 39.8. The van der Waals surface area contributed by atoms with Gasteiger partial charge in [-0.2, -0.15) is 0 Å². The minimum absolute atomic E-state index is 0.900.